The van der Waals surface area contributed by atoms with Crippen LogP contribution < -0.4 is 5.73 Å². The van der Waals surface area contributed by atoms with Gasteiger partial charge in [-0.1, -0.05) is 6.92 Å². The fourth-order valence-corrected chi connectivity index (χ4v) is 0.537. The molecule has 0 saturated heterocycles. The first-order valence-corrected chi connectivity index (χ1v) is 3.10. The third kappa shape index (κ3) is 2.80. The van der Waals surface area contributed by atoms with Gasteiger partial charge in [-0.3, -0.25) is 0 Å². The fourth-order valence-electron chi connectivity index (χ4n) is 0.446. The Morgan fingerprint density at radius 2 is 2.25 bits per heavy atom. The predicted octanol–water partition coefficient (Wildman–Crippen LogP) is 0.572. The number of hydrogen-bond donors (Lipinski definition) is 1. The average Bonchev–Trinajstić information content (AvgIpc) is 1.67. The molecule has 0 unspecified atom stereocenters. The molecule has 0 fully saturated rings. The normalized spacial score (nSPS) is 8.75. The van der Waals surface area contributed by atoms with Crippen LogP contribution in [0.25, 0.3) is 0 Å². The second-order valence-electron chi connectivity index (χ2n) is 1.76. The Labute approximate surface area is 55.7 Å². The first-order chi connectivity index (χ1) is 3.68. The van der Waals surface area contributed by atoms with E-state index in [4.69, 9.17) is 5.73 Å². The van der Waals surface area contributed by atoms with Crippen LogP contribution in [0.1, 0.15) is 13.3 Å². The maximum atomic E-state index is 5.28. The van der Waals surface area contributed by atoms with Crippen molar-refractivity contribution in [2.24, 2.45) is 5.73 Å². The molecule has 0 heterocycles. The Kier molecular flexibility index (Phi) is 3.52. The molecule has 8 heavy (non-hydrogen) atoms. The van der Waals surface area contributed by atoms with E-state index in [-0.39, 0.29) is 0 Å². The minimum Gasteiger partial charge on any atom is -0.376 e. The molecule has 0 aromatic heterocycles. The van der Waals surface area contributed by atoms with Crippen LogP contribution in [0.2, 0.25) is 0 Å². The number of nitrogens with two attached hydrogens (primary N) is 1. The van der Waals surface area contributed by atoms with Gasteiger partial charge < -0.3 is 10.6 Å². The van der Waals surface area contributed by atoms with Gasteiger partial charge in [-0.2, -0.15) is 0 Å². The minimum atomic E-state index is 0.479. The molecule has 0 spiro atoms. The molecular weight excluding hydrogens is 120 g/mol. The van der Waals surface area contributed by atoms with Crippen LogP contribution in [-0.2, 0) is 0 Å². The SMILES string of the molecule is CCCN(C)C(N)=S. The van der Waals surface area contributed by atoms with Gasteiger partial charge in [-0.25, -0.2) is 0 Å². The van der Waals surface area contributed by atoms with Gasteiger partial charge >= 0.3 is 0 Å². The second-order valence-corrected chi connectivity index (χ2v) is 2.18. The molecule has 48 valence electrons. The Morgan fingerprint density at radius 3 is 2.38 bits per heavy atom. The van der Waals surface area contributed by atoms with E-state index in [2.05, 4.69) is 19.1 Å². The minimum absolute atomic E-state index is 0.479. The second kappa shape index (κ2) is 3.66. The van der Waals surface area contributed by atoms with Crippen molar-refractivity contribution in [2.45, 2.75) is 13.3 Å². The average molecular weight is 132 g/mol. The third-order valence-corrected chi connectivity index (χ3v) is 1.25. The lowest BCUT2D eigenvalue weighted by Gasteiger charge is -2.14. The van der Waals surface area contributed by atoms with Gasteiger partial charge in [0, 0.05) is 13.6 Å². The van der Waals surface area contributed by atoms with Gasteiger partial charge in [0.1, 0.15) is 0 Å². The van der Waals surface area contributed by atoms with Crippen molar-refractivity contribution in [3.8, 4) is 0 Å². The van der Waals surface area contributed by atoms with E-state index < -0.39 is 0 Å². The highest BCUT2D eigenvalue weighted by Crippen LogP contribution is 1.83. The van der Waals surface area contributed by atoms with E-state index in [9.17, 15) is 0 Å². The highest BCUT2D eigenvalue weighted by atomic mass is 32.1. The van der Waals surface area contributed by atoms with Gasteiger partial charge in [0.05, 0.1) is 0 Å². The van der Waals surface area contributed by atoms with Gasteiger partial charge in [0.25, 0.3) is 0 Å². The lowest BCUT2D eigenvalue weighted by atomic mass is 10.5. The van der Waals surface area contributed by atoms with Crippen LogP contribution >= 0.6 is 12.2 Å². The highest BCUT2D eigenvalue weighted by molar-refractivity contribution is 7.80. The molecule has 0 aliphatic rings. The van der Waals surface area contributed by atoms with E-state index in [0.717, 1.165) is 13.0 Å². The zero-order valence-electron chi connectivity index (χ0n) is 5.35. The maximum Gasteiger partial charge on any atom is 0.166 e. The summed E-state index contributed by atoms with van der Waals surface area (Å²) in [5.74, 6) is 0. The third-order valence-electron chi connectivity index (χ3n) is 0.935. The summed E-state index contributed by atoms with van der Waals surface area (Å²) in [6.07, 6.45) is 1.09. The summed E-state index contributed by atoms with van der Waals surface area (Å²) >= 11 is 4.69. The summed E-state index contributed by atoms with van der Waals surface area (Å²) < 4.78 is 0. The number of nitrogens with zero attached hydrogens (tertiary/aromatic N) is 1. The molecule has 3 heteroatoms. The Morgan fingerprint density at radius 1 is 1.75 bits per heavy atom. The molecule has 0 rings (SSSR count). The van der Waals surface area contributed by atoms with Crippen LogP contribution in [-0.4, -0.2) is 23.6 Å². The van der Waals surface area contributed by atoms with Gasteiger partial charge in [-0.15, -0.1) is 0 Å². The summed E-state index contributed by atoms with van der Waals surface area (Å²) in [7, 11) is 1.89. The van der Waals surface area contributed by atoms with E-state index in [1.165, 1.54) is 0 Å². The standard InChI is InChI=1S/C5H12N2S/c1-3-4-7(2)5(6)8/h3-4H2,1-2H3,(H2,6,8). The van der Waals surface area contributed by atoms with Gasteiger partial charge in [0.2, 0.25) is 0 Å². The lowest BCUT2D eigenvalue weighted by molar-refractivity contribution is 0.504. The van der Waals surface area contributed by atoms with Crippen LogP contribution in [0, 0.1) is 0 Å². The van der Waals surface area contributed by atoms with E-state index in [0.29, 0.717) is 5.11 Å². The van der Waals surface area contributed by atoms with Crippen LogP contribution in [0.3, 0.4) is 0 Å². The molecular formula is C5H12N2S. The van der Waals surface area contributed by atoms with E-state index in [1.54, 1.807) is 0 Å². The van der Waals surface area contributed by atoms with Crippen molar-refractivity contribution in [3.05, 3.63) is 0 Å². The Balaban J connectivity index is 3.32. The number of hydrogen-bond acceptors (Lipinski definition) is 1. The van der Waals surface area contributed by atoms with Crippen LogP contribution in [0.4, 0.5) is 0 Å². The lowest BCUT2D eigenvalue weighted by Crippen LogP contribution is -2.32. The summed E-state index contributed by atoms with van der Waals surface area (Å²) in [6, 6.07) is 0. The van der Waals surface area contributed by atoms with Crippen molar-refractivity contribution in [3.63, 3.8) is 0 Å². The van der Waals surface area contributed by atoms with Crippen molar-refractivity contribution >= 4 is 17.3 Å². The smallest absolute Gasteiger partial charge is 0.166 e. The van der Waals surface area contributed by atoms with Crippen molar-refractivity contribution < 1.29 is 0 Å². The Bertz CT molecular complexity index is 82.5. The number of rotatable bonds is 2. The van der Waals surface area contributed by atoms with E-state index in [1.807, 2.05) is 11.9 Å². The first-order valence-electron chi connectivity index (χ1n) is 2.69. The summed E-state index contributed by atoms with van der Waals surface area (Å²) in [6.45, 7) is 3.05. The van der Waals surface area contributed by atoms with Crippen molar-refractivity contribution in [1.29, 1.82) is 0 Å². The molecule has 0 saturated carbocycles. The molecule has 0 aromatic rings. The van der Waals surface area contributed by atoms with Gasteiger partial charge in [0.15, 0.2) is 5.11 Å². The maximum absolute atomic E-state index is 5.28. The van der Waals surface area contributed by atoms with Gasteiger partial charge in [-0.05, 0) is 18.6 Å². The van der Waals surface area contributed by atoms with E-state index >= 15 is 0 Å². The largest absolute Gasteiger partial charge is 0.376 e. The topological polar surface area (TPSA) is 29.3 Å². The zero-order valence-corrected chi connectivity index (χ0v) is 6.16. The predicted molar refractivity (Wildman–Crippen MR) is 39.7 cm³/mol. The molecule has 0 aromatic carbocycles. The summed E-state index contributed by atoms with van der Waals surface area (Å²) in [5, 5.41) is 0.479. The highest BCUT2D eigenvalue weighted by Gasteiger charge is 1.93. The van der Waals surface area contributed by atoms with Crippen molar-refractivity contribution in [1.82, 2.24) is 4.90 Å². The molecule has 2 N–H and O–H groups in total. The number of thiocarbonyl (C=S) groups is 1. The fraction of sp³-hybridized carbons (Fsp3) is 0.800. The monoisotopic (exact) mass is 132 g/mol. The Hall–Kier alpha value is -0.310. The molecule has 0 atom stereocenters. The molecule has 0 aliphatic carbocycles. The molecule has 0 aliphatic heterocycles. The summed E-state index contributed by atoms with van der Waals surface area (Å²) in [4.78, 5) is 1.86. The molecule has 0 bridgehead atoms. The molecule has 2 nitrogen and oxygen atoms in total. The first kappa shape index (κ1) is 7.69. The zero-order chi connectivity index (χ0) is 6.57. The molecule has 0 radical (unpaired) electrons. The summed E-state index contributed by atoms with van der Waals surface area (Å²) in [5.41, 5.74) is 5.28. The van der Waals surface area contributed by atoms with Crippen LogP contribution in [0.5, 0.6) is 0 Å². The molecule has 0 amide bonds. The van der Waals surface area contributed by atoms with Crippen molar-refractivity contribution in [2.75, 3.05) is 13.6 Å². The quantitative estimate of drug-likeness (QED) is 0.557. The van der Waals surface area contributed by atoms with Crippen LogP contribution in [0.15, 0.2) is 0 Å².